The number of nitrogens with zero attached hydrogens (tertiary/aromatic N) is 3. The Balaban J connectivity index is 1.78. The number of alkyl halides is 1. The monoisotopic (exact) mass is 541 g/mol. The third-order valence-electron chi connectivity index (χ3n) is 8.71. The Hall–Kier alpha value is -0.920. The maximum atomic E-state index is 13.5. The van der Waals surface area contributed by atoms with Gasteiger partial charge >= 0.3 is 0 Å². The Morgan fingerprint density at radius 1 is 0.842 bits per heavy atom. The Morgan fingerprint density at radius 3 is 1.97 bits per heavy atom. The van der Waals surface area contributed by atoms with Gasteiger partial charge in [0.2, 0.25) is 0 Å². The largest absolute Gasteiger partial charge is 0.352 e. The molecular formula is C30H56FN3O4. The molecule has 0 radical (unpaired) electrons. The summed E-state index contributed by atoms with van der Waals surface area (Å²) in [5, 5.41) is 4.04. The highest BCUT2D eigenvalue weighted by atomic mass is 19.1. The van der Waals surface area contributed by atoms with Crippen molar-refractivity contribution in [1.82, 2.24) is 0 Å². The van der Waals surface area contributed by atoms with E-state index in [1.165, 1.54) is 70.6 Å². The van der Waals surface area contributed by atoms with Crippen LogP contribution in [0.25, 0.3) is 10.4 Å². The third kappa shape index (κ3) is 10.9. The Bertz CT molecular complexity index is 688. The molecule has 0 spiro atoms. The SMILES string of the molecule is CCCCCCCCCCCCCC[C@H]1OC(C)(C)O[C@H]1[C@H](CO[C@H]1OC(CF)[C@@H](C)[C@H](C)C1C)N=[N+]=[N-]. The molecule has 8 heteroatoms. The van der Waals surface area contributed by atoms with Crippen molar-refractivity contribution in [2.45, 2.75) is 161 Å². The van der Waals surface area contributed by atoms with Gasteiger partial charge in [0, 0.05) is 10.8 Å². The molecule has 2 aliphatic rings. The summed E-state index contributed by atoms with van der Waals surface area (Å²) in [7, 11) is 0. The molecule has 0 aromatic carbocycles. The summed E-state index contributed by atoms with van der Waals surface area (Å²) >= 11 is 0. The Labute approximate surface area is 231 Å². The van der Waals surface area contributed by atoms with Gasteiger partial charge in [-0.05, 0) is 37.6 Å². The first-order chi connectivity index (χ1) is 18.2. The van der Waals surface area contributed by atoms with Gasteiger partial charge < -0.3 is 18.9 Å². The lowest BCUT2D eigenvalue weighted by atomic mass is 9.79. The maximum Gasteiger partial charge on any atom is 0.163 e. The van der Waals surface area contributed by atoms with E-state index in [2.05, 4.69) is 30.8 Å². The first-order valence-corrected chi connectivity index (χ1v) is 15.5. The number of unbranched alkanes of at least 4 members (excludes halogenated alkanes) is 11. The molecule has 2 saturated heterocycles. The second kappa shape index (κ2) is 17.7. The zero-order chi connectivity index (χ0) is 28.0. The normalized spacial score (nSPS) is 31.7. The molecule has 7 nitrogen and oxygen atoms in total. The van der Waals surface area contributed by atoms with Crippen LogP contribution in [-0.4, -0.2) is 49.7 Å². The summed E-state index contributed by atoms with van der Waals surface area (Å²) in [6, 6.07) is -0.543. The van der Waals surface area contributed by atoms with E-state index in [-0.39, 0.29) is 36.6 Å². The first kappa shape index (κ1) is 33.3. The lowest BCUT2D eigenvalue weighted by Crippen LogP contribution is -2.48. The molecule has 8 atom stereocenters. The van der Waals surface area contributed by atoms with E-state index in [9.17, 15) is 9.92 Å². The molecule has 2 fully saturated rings. The number of azide groups is 1. The predicted molar refractivity (Wildman–Crippen MR) is 151 cm³/mol. The van der Waals surface area contributed by atoms with Crippen LogP contribution in [0.1, 0.15) is 125 Å². The van der Waals surface area contributed by atoms with E-state index in [1.54, 1.807) is 0 Å². The Morgan fingerprint density at radius 2 is 1.42 bits per heavy atom. The summed E-state index contributed by atoms with van der Waals surface area (Å²) in [5.41, 5.74) is 9.27. The van der Waals surface area contributed by atoms with E-state index in [1.807, 2.05) is 20.8 Å². The van der Waals surface area contributed by atoms with Gasteiger partial charge in [0.1, 0.15) is 6.67 Å². The molecule has 0 aliphatic carbocycles. The van der Waals surface area contributed by atoms with Crippen molar-refractivity contribution >= 4 is 0 Å². The number of halogens is 1. The molecule has 0 aromatic rings. The minimum absolute atomic E-state index is 0.105. The summed E-state index contributed by atoms with van der Waals surface area (Å²) < 4.78 is 38.0. The summed E-state index contributed by atoms with van der Waals surface area (Å²) in [5.74, 6) is -0.257. The molecule has 0 N–H and O–H groups in total. The van der Waals surface area contributed by atoms with E-state index in [4.69, 9.17) is 18.9 Å². The van der Waals surface area contributed by atoms with Crippen molar-refractivity contribution in [3.8, 4) is 0 Å². The average molecular weight is 542 g/mol. The van der Waals surface area contributed by atoms with Gasteiger partial charge in [-0.2, -0.15) is 0 Å². The van der Waals surface area contributed by atoms with Gasteiger partial charge in [0.15, 0.2) is 12.1 Å². The van der Waals surface area contributed by atoms with Crippen molar-refractivity contribution in [1.29, 1.82) is 0 Å². The van der Waals surface area contributed by atoms with Crippen molar-refractivity contribution in [3.05, 3.63) is 10.4 Å². The fraction of sp³-hybridized carbons (Fsp3) is 1.00. The van der Waals surface area contributed by atoms with Crippen LogP contribution in [0.4, 0.5) is 4.39 Å². The number of hydrogen-bond donors (Lipinski definition) is 0. The van der Waals surface area contributed by atoms with Gasteiger partial charge in [-0.3, -0.25) is 0 Å². The highest BCUT2D eigenvalue weighted by Gasteiger charge is 2.45. The highest BCUT2D eigenvalue weighted by molar-refractivity contribution is 4.91. The van der Waals surface area contributed by atoms with Gasteiger partial charge in [-0.1, -0.05) is 110 Å². The Kier molecular flexibility index (Phi) is 15.5. The zero-order valence-electron chi connectivity index (χ0n) is 25.1. The van der Waals surface area contributed by atoms with Gasteiger partial charge in [-0.15, -0.1) is 0 Å². The lowest BCUT2D eigenvalue weighted by Gasteiger charge is -2.42. The van der Waals surface area contributed by atoms with Crippen LogP contribution in [0.15, 0.2) is 5.11 Å². The third-order valence-corrected chi connectivity index (χ3v) is 8.71. The molecule has 0 saturated carbocycles. The van der Waals surface area contributed by atoms with Gasteiger partial charge in [-0.25, -0.2) is 4.39 Å². The lowest BCUT2D eigenvalue weighted by molar-refractivity contribution is -0.253. The van der Waals surface area contributed by atoms with E-state index < -0.39 is 30.9 Å². The smallest absolute Gasteiger partial charge is 0.163 e. The van der Waals surface area contributed by atoms with Crippen molar-refractivity contribution in [2.75, 3.05) is 13.3 Å². The fourth-order valence-electron chi connectivity index (χ4n) is 5.91. The summed E-state index contributed by atoms with van der Waals surface area (Å²) in [6.45, 7) is 11.9. The van der Waals surface area contributed by atoms with E-state index in [0.717, 1.165) is 12.8 Å². The standard InChI is InChI=1S/C30H56FN3O4/c1-7-8-9-10-11-12-13-14-15-16-17-18-19-26-28(38-30(5,6)37-26)25(33-34-32)21-35-29-24(4)22(2)23(3)27(20-31)36-29/h22-29H,7-21H2,1-6H3/t22-,23-,24?,25-,26+,27?,28-,29-/m0/s1. The predicted octanol–water partition coefficient (Wildman–Crippen LogP) is 8.90. The molecule has 2 rings (SSSR count). The topological polar surface area (TPSA) is 85.7 Å². The van der Waals surface area contributed by atoms with Crippen LogP contribution >= 0.6 is 0 Å². The van der Waals surface area contributed by atoms with Crippen molar-refractivity contribution in [3.63, 3.8) is 0 Å². The quantitative estimate of drug-likeness (QED) is 0.0707. The van der Waals surface area contributed by atoms with Crippen LogP contribution in [0, 0.1) is 17.8 Å². The van der Waals surface area contributed by atoms with Crippen LogP contribution < -0.4 is 0 Å². The number of ether oxygens (including phenoxy) is 4. The zero-order valence-corrected chi connectivity index (χ0v) is 25.1. The second-order valence-corrected chi connectivity index (χ2v) is 12.2. The molecule has 0 amide bonds. The molecule has 2 unspecified atom stereocenters. The minimum atomic E-state index is -0.742. The van der Waals surface area contributed by atoms with Crippen molar-refractivity contribution in [2.24, 2.45) is 22.9 Å². The van der Waals surface area contributed by atoms with E-state index in [0.29, 0.717) is 0 Å². The highest BCUT2D eigenvalue weighted by Crippen LogP contribution is 2.37. The minimum Gasteiger partial charge on any atom is -0.352 e. The van der Waals surface area contributed by atoms with Crippen LogP contribution in [0.3, 0.4) is 0 Å². The van der Waals surface area contributed by atoms with Gasteiger partial charge in [0.05, 0.1) is 31.0 Å². The molecule has 2 aliphatic heterocycles. The molecule has 0 bridgehead atoms. The molecular weight excluding hydrogens is 485 g/mol. The molecule has 222 valence electrons. The fourth-order valence-corrected chi connectivity index (χ4v) is 5.91. The molecule has 0 aromatic heterocycles. The number of hydrogen-bond acceptors (Lipinski definition) is 5. The number of rotatable bonds is 19. The average Bonchev–Trinajstić information content (AvgIpc) is 3.20. The van der Waals surface area contributed by atoms with Crippen molar-refractivity contribution < 1.29 is 23.3 Å². The summed E-state index contributed by atoms with van der Waals surface area (Å²) in [6.07, 6.45) is 14.9. The molecule has 2 heterocycles. The van der Waals surface area contributed by atoms with Crippen LogP contribution in [0.5, 0.6) is 0 Å². The first-order valence-electron chi connectivity index (χ1n) is 15.5. The van der Waals surface area contributed by atoms with Crippen LogP contribution in [0.2, 0.25) is 0 Å². The van der Waals surface area contributed by atoms with E-state index >= 15 is 0 Å². The maximum absolute atomic E-state index is 13.5. The summed E-state index contributed by atoms with van der Waals surface area (Å²) in [4.78, 5) is 3.08. The second-order valence-electron chi connectivity index (χ2n) is 12.2. The molecule has 38 heavy (non-hydrogen) atoms. The van der Waals surface area contributed by atoms with Gasteiger partial charge in [0.25, 0.3) is 0 Å². The van der Waals surface area contributed by atoms with Crippen LogP contribution in [-0.2, 0) is 18.9 Å².